The number of carbonyl (C=O) groups is 3. The molecule has 1 heterocycles. The van der Waals surface area contributed by atoms with Crippen LogP contribution in [0.4, 0.5) is 4.79 Å². The summed E-state index contributed by atoms with van der Waals surface area (Å²) in [5.74, 6) is -1.33. The van der Waals surface area contributed by atoms with Crippen LogP contribution in [0.1, 0.15) is 43.9 Å². The molecule has 6 heteroatoms. The number of ether oxygens (including phenoxy) is 1. The highest BCUT2D eigenvalue weighted by molar-refractivity contribution is 5.98. The number of carboxylic acid groups (broad SMARTS) is 1. The minimum Gasteiger partial charge on any atom is -0.449 e. The quantitative estimate of drug-likeness (QED) is 0.531. The van der Waals surface area contributed by atoms with Crippen molar-refractivity contribution in [3.63, 3.8) is 0 Å². The number of hydrogen-bond acceptors (Lipinski definition) is 5. The summed E-state index contributed by atoms with van der Waals surface area (Å²) in [6.07, 6.45) is -0.888. The van der Waals surface area contributed by atoms with E-state index < -0.39 is 18.0 Å². The molecular formula is C27H27NO5. The largest absolute Gasteiger partial charge is 0.513 e. The van der Waals surface area contributed by atoms with Gasteiger partial charge in [-0.2, -0.15) is 0 Å². The fourth-order valence-corrected chi connectivity index (χ4v) is 4.95. The topological polar surface area (TPSA) is 83.9 Å². The van der Waals surface area contributed by atoms with E-state index in [9.17, 15) is 14.4 Å². The Bertz CT molecular complexity index is 1090. The molecule has 1 aliphatic heterocycles. The van der Waals surface area contributed by atoms with E-state index in [1.54, 1.807) is 6.92 Å². The third-order valence-electron chi connectivity index (χ3n) is 6.56. The molecule has 0 amide bonds. The molecule has 1 aliphatic carbocycles. The van der Waals surface area contributed by atoms with Crippen LogP contribution < -0.4 is 0 Å². The van der Waals surface area contributed by atoms with Gasteiger partial charge in [0.1, 0.15) is 0 Å². The van der Waals surface area contributed by atoms with E-state index in [0.717, 1.165) is 27.8 Å². The summed E-state index contributed by atoms with van der Waals surface area (Å²) in [6.45, 7) is 4.65. The third-order valence-corrected chi connectivity index (χ3v) is 6.56. The lowest BCUT2D eigenvalue weighted by Crippen LogP contribution is -2.37. The molecule has 1 atom stereocenters. The molecule has 4 rings (SSSR count). The number of allylic oxidation sites excluding steroid dienone is 2. The fourth-order valence-electron chi connectivity index (χ4n) is 4.95. The zero-order chi connectivity index (χ0) is 23.5. The van der Waals surface area contributed by atoms with Gasteiger partial charge < -0.3 is 9.84 Å². The average Bonchev–Trinajstić information content (AvgIpc) is 3.25. The number of esters is 1. The summed E-state index contributed by atoms with van der Waals surface area (Å²) in [5, 5.41) is 8.82. The predicted octanol–water partition coefficient (Wildman–Crippen LogP) is 4.92. The summed E-state index contributed by atoms with van der Waals surface area (Å²) in [5.41, 5.74) is 5.76. The van der Waals surface area contributed by atoms with Crippen LogP contribution in [0.3, 0.4) is 0 Å². The summed E-state index contributed by atoms with van der Waals surface area (Å²) in [7, 11) is 0. The summed E-state index contributed by atoms with van der Waals surface area (Å²) in [4.78, 5) is 38.6. The van der Waals surface area contributed by atoms with Crippen LogP contribution in [0.25, 0.3) is 0 Å². The Kier molecular flexibility index (Phi) is 6.56. The van der Waals surface area contributed by atoms with Crippen molar-refractivity contribution in [2.45, 2.75) is 32.7 Å². The summed E-state index contributed by atoms with van der Waals surface area (Å²) < 4.78 is 4.41. The van der Waals surface area contributed by atoms with Crippen molar-refractivity contribution in [1.29, 1.82) is 0 Å². The normalized spacial score (nSPS) is 19.4. The number of fused-ring (bicyclic) bond motifs is 1. The maximum Gasteiger partial charge on any atom is 0.513 e. The summed E-state index contributed by atoms with van der Waals surface area (Å²) >= 11 is 0. The molecule has 0 spiro atoms. The van der Waals surface area contributed by atoms with Gasteiger partial charge >= 0.3 is 12.1 Å². The second-order valence-corrected chi connectivity index (χ2v) is 8.71. The van der Waals surface area contributed by atoms with Gasteiger partial charge in [-0.1, -0.05) is 66.2 Å². The smallest absolute Gasteiger partial charge is 0.449 e. The Labute approximate surface area is 193 Å². The van der Waals surface area contributed by atoms with Crippen molar-refractivity contribution in [1.82, 2.24) is 4.90 Å². The minimum absolute atomic E-state index is 0.0131. The lowest BCUT2D eigenvalue weighted by atomic mass is 9.91. The highest BCUT2D eigenvalue weighted by atomic mass is 16.7. The minimum atomic E-state index is -1.60. The number of nitrogens with zero attached hydrogens (tertiary/aromatic N) is 1. The van der Waals surface area contributed by atoms with Crippen LogP contribution in [0.15, 0.2) is 83.0 Å². The molecular weight excluding hydrogens is 418 g/mol. The first kappa shape index (κ1) is 22.7. The van der Waals surface area contributed by atoms with Gasteiger partial charge in [0.15, 0.2) is 5.78 Å². The molecule has 2 aliphatic rings. The number of ketones is 1. The van der Waals surface area contributed by atoms with E-state index in [4.69, 9.17) is 5.11 Å². The monoisotopic (exact) mass is 445 g/mol. The number of Topliss-reactive ketones (excluding diaryl/α,β-unsaturated/α-hetero) is 1. The van der Waals surface area contributed by atoms with Crippen LogP contribution >= 0.6 is 0 Å². The Morgan fingerprint density at radius 3 is 2.00 bits per heavy atom. The average molecular weight is 446 g/mol. The molecule has 1 unspecified atom stereocenters. The third kappa shape index (κ3) is 4.81. The molecule has 2 aromatic rings. The lowest BCUT2D eigenvalue weighted by molar-refractivity contribution is -0.143. The van der Waals surface area contributed by atoms with Crippen molar-refractivity contribution in [3.8, 4) is 0 Å². The van der Waals surface area contributed by atoms with Gasteiger partial charge in [-0.3, -0.25) is 14.5 Å². The Hall–Kier alpha value is -3.51. The predicted molar refractivity (Wildman–Crippen MR) is 124 cm³/mol. The molecule has 0 radical (unpaired) electrons. The molecule has 6 nitrogen and oxygen atoms in total. The lowest BCUT2D eigenvalue weighted by Gasteiger charge is -2.34. The van der Waals surface area contributed by atoms with Gasteiger partial charge in [0.05, 0.1) is 18.5 Å². The van der Waals surface area contributed by atoms with E-state index in [2.05, 4.69) is 33.9 Å². The standard InChI is InChI=1S/C27H27NO5/c1-17-15-28(25(19-9-5-3-6-10-19)20-11-7-4-8-12-20)16-24(29)18(2)23-14-21(13-22(17)23)26(30)33-27(31)32/h3-12,21,25H,13-16H2,1-2H3,(H,31,32). The van der Waals surface area contributed by atoms with Gasteiger partial charge in [-0.25, -0.2) is 4.79 Å². The molecule has 0 bridgehead atoms. The zero-order valence-electron chi connectivity index (χ0n) is 18.8. The Morgan fingerprint density at radius 1 is 0.909 bits per heavy atom. The first-order valence-corrected chi connectivity index (χ1v) is 11.1. The number of hydrogen-bond donors (Lipinski definition) is 1. The van der Waals surface area contributed by atoms with Crippen LogP contribution in [0.2, 0.25) is 0 Å². The van der Waals surface area contributed by atoms with Gasteiger partial charge in [0, 0.05) is 6.54 Å². The zero-order valence-corrected chi connectivity index (χ0v) is 18.8. The fraction of sp³-hybridized carbons (Fsp3) is 0.296. The molecule has 1 saturated carbocycles. The highest BCUT2D eigenvalue weighted by Crippen LogP contribution is 2.42. The van der Waals surface area contributed by atoms with Crippen LogP contribution in [0.5, 0.6) is 0 Å². The SMILES string of the molecule is CC1=C2CC(C(=O)OC(=O)O)CC2=C(C)C(=O)CN(C(c2ccccc2)c2ccccc2)C1. The van der Waals surface area contributed by atoms with Gasteiger partial charge in [0.25, 0.3) is 0 Å². The van der Waals surface area contributed by atoms with E-state index in [1.165, 1.54) is 0 Å². The van der Waals surface area contributed by atoms with E-state index in [0.29, 0.717) is 25.0 Å². The molecule has 0 saturated heterocycles. The molecule has 33 heavy (non-hydrogen) atoms. The molecule has 1 fully saturated rings. The number of benzene rings is 2. The first-order chi connectivity index (χ1) is 15.8. The maximum atomic E-state index is 13.3. The van der Waals surface area contributed by atoms with E-state index >= 15 is 0 Å². The van der Waals surface area contributed by atoms with Crippen molar-refractivity contribution in [2.24, 2.45) is 5.92 Å². The van der Waals surface area contributed by atoms with Gasteiger partial charge in [-0.15, -0.1) is 0 Å². The van der Waals surface area contributed by atoms with E-state index in [1.807, 2.05) is 43.3 Å². The van der Waals surface area contributed by atoms with E-state index in [-0.39, 0.29) is 18.4 Å². The second-order valence-electron chi connectivity index (χ2n) is 8.71. The van der Waals surface area contributed by atoms with Crippen molar-refractivity contribution < 1.29 is 24.2 Å². The second kappa shape index (κ2) is 9.55. The molecule has 1 N–H and O–H groups in total. The summed E-state index contributed by atoms with van der Waals surface area (Å²) in [6, 6.07) is 20.2. The molecule has 0 aromatic heterocycles. The Morgan fingerprint density at radius 2 is 1.45 bits per heavy atom. The van der Waals surface area contributed by atoms with Crippen LogP contribution in [-0.2, 0) is 14.3 Å². The molecule has 2 aromatic carbocycles. The number of rotatable bonds is 4. The number of carbonyl (C=O) groups excluding carboxylic acids is 2. The van der Waals surface area contributed by atoms with Crippen LogP contribution in [-0.4, -0.2) is 41.0 Å². The van der Waals surface area contributed by atoms with Crippen molar-refractivity contribution in [2.75, 3.05) is 13.1 Å². The highest BCUT2D eigenvalue weighted by Gasteiger charge is 2.37. The molecule has 170 valence electrons. The van der Waals surface area contributed by atoms with Crippen molar-refractivity contribution >= 4 is 17.9 Å². The first-order valence-electron chi connectivity index (χ1n) is 11.1. The van der Waals surface area contributed by atoms with Gasteiger partial charge in [0.2, 0.25) is 0 Å². The Balaban J connectivity index is 1.72. The maximum absolute atomic E-state index is 13.3. The van der Waals surface area contributed by atoms with Gasteiger partial charge in [-0.05, 0) is 54.5 Å². The van der Waals surface area contributed by atoms with Crippen LogP contribution in [0, 0.1) is 5.92 Å². The van der Waals surface area contributed by atoms with Crippen molar-refractivity contribution in [3.05, 3.63) is 94.1 Å².